The highest BCUT2D eigenvalue weighted by Gasteiger charge is 2.28. The molecule has 0 bridgehead atoms. The number of likely N-dealkylation sites (N-methyl/N-ethyl adjacent to an activating group) is 1. The maximum atomic E-state index is 13.8. The number of hydrogen-bond acceptors (Lipinski definition) is 5. The first-order chi connectivity index (χ1) is 15.9. The van der Waals surface area contributed by atoms with E-state index in [4.69, 9.17) is 13.9 Å². The Morgan fingerprint density at radius 1 is 1.09 bits per heavy atom. The molecule has 2 aromatic carbocycles. The lowest BCUT2D eigenvalue weighted by Gasteiger charge is -2.19. The standard InChI is InChI=1S/C26H31I2NO4.ClH/c1-5-10-22(31-4)26-23(18-11-8-9-12-21(18)33-26)24(30)17-15-19(27)25(20(28)16-17)32-14-13-29(6-2)7-3;/h8-9,11-12,15-16,22H,5-7,10,13-14H2,1-4H3;1H. The van der Waals surface area contributed by atoms with Crippen LogP contribution in [0.25, 0.3) is 11.0 Å². The van der Waals surface area contributed by atoms with Gasteiger partial charge < -0.3 is 18.8 Å². The largest absolute Gasteiger partial charge is 0.490 e. The average Bonchev–Trinajstić information content (AvgIpc) is 3.20. The number of hydrogen-bond donors (Lipinski definition) is 0. The van der Waals surface area contributed by atoms with Gasteiger partial charge in [-0.2, -0.15) is 0 Å². The van der Waals surface area contributed by atoms with Crippen LogP contribution in [0.5, 0.6) is 5.75 Å². The Labute approximate surface area is 235 Å². The lowest BCUT2D eigenvalue weighted by atomic mass is 9.97. The van der Waals surface area contributed by atoms with Crippen LogP contribution < -0.4 is 4.74 Å². The van der Waals surface area contributed by atoms with Crippen LogP contribution in [0, 0.1) is 7.14 Å². The van der Waals surface area contributed by atoms with Crippen LogP contribution in [-0.4, -0.2) is 44.0 Å². The number of benzene rings is 2. The van der Waals surface area contributed by atoms with Crippen molar-refractivity contribution in [3.63, 3.8) is 0 Å². The predicted molar refractivity (Wildman–Crippen MR) is 157 cm³/mol. The molecule has 0 aliphatic heterocycles. The number of halogens is 3. The highest BCUT2D eigenvalue weighted by atomic mass is 127. The molecular formula is C26H32ClI2NO4. The molecule has 34 heavy (non-hydrogen) atoms. The van der Waals surface area contributed by atoms with Crippen molar-refractivity contribution < 1.29 is 18.7 Å². The smallest absolute Gasteiger partial charge is 0.197 e. The number of rotatable bonds is 12. The fourth-order valence-electron chi connectivity index (χ4n) is 3.93. The Morgan fingerprint density at radius 2 is 1.74 bits per heavy atom. The minimum absolute atomic E-state index is 0. The first-order valence-electron chi connectivity index (χ1n) is 11.4. The third kappa shape index (κ3) is 6.66. The maximum absolute atomic E-state index is 13.8. The Morgan fingerprint density at radius 3 is 2.32 bits per heavy atom. The lowest BCUT2D eigenvalue weighted by Crippen LogP contribution is -2.28. The molecule has 0 amide bonds. The molecule has 1 atom stereocenters. The second-order valence-corrected chi connectivity index (χ2v) is 10.1. The van der Waals surface area contributed by atoms with Gasteiger partial charge in [0.15, 0.2) is 5.78 Å². The van der Waals surface area contributed by atoms with Crippen LogP contribution >= 0.6 is 57.6 Å². The van der Waals surface area contributed by atoms with Gasteiger partial charge >= 0.3 is 0 Å². The topological polar surface area (TPSA) is 51.9 Å². The van der Waals surface area contributed by atoms with Gasteiger partial charge in [0.2, 0.25) is 0 Å². The van der Waals surface area contributed by atoms with E-state index in [0.717, 1.165) is 50.8 Å². The number of para-hydroxylation sites is 1. The molecule has 3 aromatic rings. The van der Waals surface area contributed by atoms with Crippen LogP contribution in [-0.2, 0) is 4.74 Å². The van der Waals surface area contributed by atoms with Crippen molar-refractivity contribution in [2.45, 2.75) is 39.7 Å². The Kier molecular flexibility index (Phi) is 12.1. The molecule has 1 aromatic heterocycles. The van der Waals surface area contributed by atoms with Crippen LogP contribution in [0.1, 0.15) is 61.4 Å². The lowest BCUT2D eigenvalue weighted by molar-refractivity contribution is 0.0753. The number of furan rings is 1. The normalized spacial score (nSPS) is 12.1. The van der Waals surface area contributed by atoms with Crippen molar-refractivity contribution >= 4 is 74.3 Å². The Hall–Kier alpha value is -0.880. The predicted octanol–water partition coefficient (Wildman–Crippen LogP) is 7.50. The molecule has 8 heteroatoms. The monoisotopic (exact) mass is 711 g/mol. The van der Waals surface area contributed by atoms with E-state index in [0.29, 0.717) is 29.1 Å². The quantitative estimate of drug-likeness (QED) is 0.144. The minimum Gasteiger partial charge on any atom is -0.490 e. The van der Waals surface area contributed by atoms with Crippen molar-refractivity contribution in [1.29, 1.82) is 0 Å². The molecule has 186 valence electrons. The number of carbonyl (C=O) groups excluding carboxylic acids is 1. The molecule has 0 radical (unpaired) electrons. The molecule has 0 fully saturated rings. The molecule has 0 N–H and O–H groups in total. The fourth-order valence-corrected chi connectivity index (χ4v) is 6.01. The second kappa shape index (κ2) is 14.0. The summed E-state index contributed by atoms with van der Waals surface area (Å²) in [5.41, 5.74) is 1.92. The van der Waals surface area contributed by atoms with Crippen LogP contribution in [0.2, 0.25) is 0 Å². The van der Waals surface area contributed by atoms with E-state index >= 15 is 0 Å². The third-order valence-electron chi connectivity index (χ3n) is 5.79. The molecule has 0 aliphatic carbocycles. The van der Waals surface area contributed by atoms with Crippen molar-refractivity contribution in [2.24, 2.45) is 0 Å². The van der Waals surface area contributed by atoms with E-state index in [1.165, 1.54) is 0 Å². The van der Waals surface area contributed by atoms with Gasteiger partial charge in [0.1, 0.15) is 29.8 Å². The number of nitrogens with zero attached hydrogens (tertiary/aromatic N) is 1. The molecule has 0 spiro atoms. The molecule has 0 aliphatic rings. The summed E-state index contributed by atoms with van der Waals surface area (Å²) in [5.74, 6) is 1.38. The van der Waals surface area contributed by atoms with Crippen molar-refractivity contribution in [3.05, 3.63) is 60.4 Å². The summed E-state index contributed by atoms with van der Waals surface area (Å²) >= 11 is 4.51. The van der Waals surface area contributed by atoms with Crippen LogP contribution in [0.3, 0.4) is 0 Å². The number of ketones is 1. The first kappa shape index (κ1) is 29.4. The van der Waals surface area contributed by atoms with Gasteiger partial charge in [-0.05, 0) is 82.9 Å². The third-order valence-corrected chi connectivity index (χ3v) is 7.39. The van der Waals surface area contributed by atoms with Crippen molar-refractivity contribution in [1.82, 2.24) is 4.90 Å². The molecule has 5 nitrogen and oxygen atoms in total. The first-order valence-corrected chi connectivity index (χ1v) is 13.5. The zero-order valence-corrected chi connectivity index (χ0v) is 25.2. The zero-order chi connectivity index (χ0) is 24.0. The number of methoxy groups -OCH3 is 1. The van der Waals surface area contributed by atoms with Crippen molar-refractivity contribution in [2.75, 3.05) is 33.4 Å². The van der Waals surface area contributed by atoms with Crippen LogP contribution in [0.15, 0.2) is 40.8 Å². The number of fused-ring (bicyclic) bond motifs is 1. The summed E-state index contributed by atoms with van der Waals surface area (Å²) in [7, 11) is 1.66. The van der Waals surface area contributed by atoms with E-state index in [1.807, 2.05) is 36.4 Å². The molecule has 0 saturated heterocycles. The molecule has 1 heterocycles. The van der Waals surface area contributed by atoms with E-state index in [-0.39, 0.29) is 24.3 Å². The van der Waals surface area contributed by atoms with Gasteiger partial charge in [-0.25, -0.2) is 0 Å². The van der Waals surface area contributed by atoms with Gasteiger partial charge in [-0.3, -0.25) is 4.79 Å². The summed E-state index contributed by atoms with van der Waals surface area (Å²) in [6.45, 7) is 9.90. The Bertz CT molecular complexity index is 1070. The van der Waals surface area contributed by atoms with E-state index in [9.17, 15) is 4.79 Å². The fraction of sp³-hybridized carbons (Fsp3) is 0.423. The summed E-state index contributed by atoms with van der Waals surface area (Å²) in [6, 6.07) is 11.5. The second-order valence-electron chi connectivity index (χ2n) is 7.82. The SMILES string of the molecule is CCCC(OC)c1oc2ccccc2c1C(=O)c1cc(I)c(OCCN(CC)CC)c(I)c1.Cl. The zero-order valence-electron chi connectivity index (χ0n) is 20.0. The molecule has 1 unspecified atom stereocenters. The van der Waals surface area contributed by atoms with E-state index < -0.39 is 0 Å². The molecule has 3 rings (SSSR count). The van der Waals surface area contributed by atoms with Crippen molar-refractivity contribution in [3.8, 4) is 5.75 Å². The summed E-state index contributed by atoms with van der Waals surface area (Å²) in [6.07, 6.45) is 1.45. The average molecular weight is 712 g/mol. The van der Waals surface area contributed by atoms with Gasteiger partial charge in [0.05, 0.1) is 12.7 Å². The van der Waals surface area contributed by atoms with Gasteiger partial charge in [-0.1, -0.05) is 45.4 Å². The van der Waals surface area contributed by atoms with Gasteiger partial charge in [0, 0.05) is 24.6 Å². The number of ether oxygens (including phenoxy) is 2. The highest BCUT2D eigenvalue weighted by Crippen LogP contribution is 2.37. The number of carbonyl (C=O) groups is 1. The van der Waals surface area contributed by atoms with E-state index in [2.05, 4.69) is 70.9 Å². The van der Waals surface area contributed by atoms with Gasteiger partial charge in [-0.15, -0.1) is 12.4 Å². The van der Waals surface area contributed by atoms with E-state index in [1.54, 1.807) is 7.11 Å². The highest BCUT2D eigenvalue weighted by molar-refractivity contribution is 14.1. The summed E-state index contributed by atoms with van der Waals surface area (Å²) < 4.78 is 19.8. The maximum Gasteiger partial charge on any atom is 0.197 e. The minimum atomic E-state index is -0.262. The summed E-state index contributed by atoms with van der Waals surface area (Å²) in [4.78, 5) is 16.1. The Balaban J connectivity index is 0.00000408. The summed E-state index contributed by atoms with van der Waals surface area (Å²) in [5, 5.41) is 0.820. The molecule has 0 saturated carbocycles. The van der Waals surface area contributed by atoms with Crippen LogP contribution in [0.4, 0.5) is 0 Å². The molecular weight excluding hydrogens is 680 g/mol. The van der Waals surface area contributed by atoms with Gasteiger partial charge in [0.25, 0.3) is 0 Å².